The van der Waals surface area contributed by atoms with Crippen LogP contribution in [0.3, 0.4) is 0 Å². The molecule has 0 aliphatic carbocycles. The average Bonchev–Trinajstić information content (AvgIpc) is 2.65. The Bertz CT molecular complexity index is 289. The molecule has 0 bridgehead atoms. The van der Waals surface area contributed by atoms with Gasteiger partial charge in [0.1, 0.15) is 0 Å². The third-order valence-electron chi connectivity index (χ3n) is 2.54. The molecule has 2 unspecified atom stereocenters. The van der Waals surface area contributed by atoms with Crippen LogP contribution in [0, 0.1) is 0 Å². The molecule has 14 heavy (non-hydrogen) atoms. The number of nitrogens with zero attached hydrogens (tertiary/aromatic N) is 1. The van der Waals surface area contributed by atoms with Gasteiger partial charge in [-0.3, -0.25) is 4.84 Å². The molecule has 0 saturated carbocycles. The zero-order valence-corrected chi connectivity index (χ0v) is 8.26. The van der Waals surface area contributed by atoms with Crippen molar-refractivity contribution in [2.45, 2.75) is 19.1 Å². The molecule has 1 saturated heterocycles. The fourth-order valence-corrected chi connectivity index (χ4v) is 1.66. The minimum absolute atomic E-state index is 0.202. The van der Waals surface area contributed by atoms with E-state index in [1.165, 1.54) is 5.56 Å². The molecule has 1 aromatic rings. The fraction of sp³-hybridized carbons (Fsp3) is 0.455. The first-order valence-corrected chi connectivity index (χ1v) is 4.90. The quantitative estimate of drug-likeness (QED) is 0.769. The summed E-state index contributed by atoms with van der Waals surface area (Å²) < 4.78 is 0. The van der Waals surface area contributed by atoms with E-state index < -0.39 is 0 Å². The number of hydroxylamine groups is 2. The maximum atomic E-state index is 9.33. The number of β-amino-alcohol motifs (C(OH)–C–C–N with tert-alkyl or cyclic N) is 1. The first-order valence-electron chi connectivity index (χ1n) is 4.90. The normalized spacial score (nSPS) is 25.1. The molecule has 3 nitrogen and oxygen atoms in total. The van der Waals surface area contributed by atoms with E-state index in [0.717, 1.165) is 0 Å². The summed E-state index contributed by atoms with van der Waals surface area (Å²) in [4.78, 5) is 5.36. The third kappa shape index (κ3) is 1.95. The van der Waals surface area contributed by atoms with E-state index in [2.05, 4.69) is 19.1 Å². The predicted molar refractivity (Wildman–Crippen MR) is 53.5 cm³/mol. The lowest BCUT2D eigenvalue weighted by molar-refractivity contribution is -0.138. The highest BCUT2D eigenvalue weighted by Gasteiger charge is 2.26. The van der Waals surface area contributed by atoms with Crippen LogP contribution >= 0.6 is 0 Å². The molecule has 1 aliphatic rings. The van der Waals surface area contributed by atoms with E-state index in [9.17, 15) is 5.11 Å². The lowest BCUT2D eigenvalue weighted by Gasteiger charge is -2.22. The van der Waals surface area contributed by atoms with Gasteiger partial charge in [0, 0.05) is 0 Å². The van der Waals surface area contributed by atoms with Gasteiger partial charge in [0.25, 0.3) is 0 Å². The summed E-state index contributed by atoms with van der Waals surface area (Å²) in [6, 6.07) is 10.4. The van der Waals surface area contributed by atoms with E-state index in [-0.39, 0.29) is 12.1 Å². The molecule has 1 heterocycles. The lowest BCUT2D eigenvalue weighted by atomic mass is 10.1. The highest BCUT2D eigenvalue weighted by molar-refractivity contribution is 5.18. The number of hydrogen-bond acceptors (Lipinski definition) is 3. The molecule has 0 radical (unpaired) electrons. The van der Waals surface area contributed by atoms with Gasteiger partial charge < -0.3 is 5.11 Å². The Morgan fingerprint density at radius 2 is 2.14 bits per heavy atom. The molecule has 1 fully saturated rings. The zero-order valence-electron chi connectivity index (χ0n) is 8.26. The van der Waals surface area contributed by atoms with Crippen molar-refractivity contribution in [2.24, 2.45) is 0 Å². The Morgan fingerprint density at radius 3 is 2.71 bits per heavy atom. The van der Waals surface area contributed by atoms with Crippen molar-refractivity contribution >= 4 is 0 Å². The van der Waals surface area contributed by atoms with Gasteiger partial charge in [0.15, 0.2) is 0 Å². The maximum Gasteiger partial charge on any atom is 0.0958 e. The van der Waals surface area contributed by atoms with Gasteiger partial charge in [-0.1, -0.05) is 30.3 Å². The molecular formula is C11H15NO2. The smallest absolute Gasteiger partial charge is 0.0958 e. The molecule has 0 aromatic heterocycles. The van der Waals surface area contributed by atoms with Crippen LogP contribution in [0.5, 0.6) is 0 Å². The van der Waals surface area contributed by atoms with E-state index >= 15 is 0 Å². The number of hydrogen-bond donors (Lipinski definition) is 1. The van der Waals surface area contributed by atoms with Gasteiger partial charge in [-0.2, -0.15) is 5.06 Å². The molecule has 1 aliphatic heterocycles. The standard InChI is InChI=1S/C11H15NO2/c1-9(10-5-3-2-4-6-10)12-7-11(13)8-14-12/h2-6,9,11,13H,7-8H2,1H3. The van der Waals surface area contributed by atoms with E-state index in [1.807, 2.05) is 23.3 Å². The minimum atomic E-state index is -0.346. The number of benzene rings is 1. The first-order chi connectivity index (χ1) is 6.77. The summed E-state index contributed by atoms with van der Waals surface area (Å²) in [7, 11) is 0. The SMILES string of the molecule is CC(c1ccccc1)N1CC(O)CO1. The molecule has 3 heteroatoms. The van der Waals surface area contributed by atoms with Gasteiger partial charge in [-0.05, 0) is 12.5 Å². The van der Waals surface area contributed by atoms with Crippen LogP contribution in [0.15, 0.2) is 30.3 Å². The average molecular weight is 193 g/mol. The van der Waals surface area contributed by atoms with Gasteiger partial charge in [0.2, 0.25) is 0 Å². The molecule has 1 aromatic carbocycles. The van der Waals surface area contributed by atoms with Gasteiger partial charge >= 0.3 is 0 Å². The van der Waals surface area contributed by atoms with Crippen LogP contribution in [0.25, 0.3) is 0 Å². The van der Waals surface area contributed by atoms with E-state index in [4.69, 9.17) is 4.84 Å². The predicted octanol–water partition coefficient (Wildman–Crippen LogP) is 1.36. The van der Waals surface area contributed by atoms with Crippen LogP contribution in [0.1, 0.15) is 18.5 Å². The van der Waals surface area contributed by atoms with Crippen molar-refractivity contribution in [1.29, 1.82) is 0 Å². The Kier molecular flexibility index (Phi) is 2.82. The van der Waals surface area contributed by atoms with Crippen molar-refractivity contribution < 1.29 is 9.94 Å². The molecule has 2 atom stereocenters. The summed E-state index contributed by atoms with van der Waals surface area (Å²) >= 11 is 0. The van der Waals surface area contributed by atoms with Crippen LogP contribution < -0.4 is 0 Å². The summed E-state index contributed by atoms with van der Waals surface area (Å²) in [6.07, 6.45) is -0.346. The van der Waals surface area contributed by atoms with Crippen LogP contribution in [-0.4, -0.2) is 29.4 Å². The molecule has 2 rings (SSSR count). The molecular weight excluding hydrogens is 178 g/mol. The van der Waals surface area contributed by atoms with Crippen molar-refractivity contribution in [1.82, 2.24) is 5.06 Å². The first kappa shape index (κ1) is 9.65. The zero-order chi connectivity index (χ0) is 9.97. The second kappa shape index (κ2) is 4.09. The number of rotatable bonds is 2. The largest absolute Gasteiger partial charge is 0.389 e. The Morgan fingerprint density at radius 1 is 1.43 bits per heavy atom. The highest BCUT2D eigenvalue weighted by atomic mass is 16.7. The lowest BCUT2D eigenvalue weighted by Crippen LogP contribution is -2.24. The highest BCUT2D eigenvalue weighted by Crippen LogP contribution is 2.23. The van der Waals surface area contributed by atoms with Crippen LogP contribution in [0.2, 0.25) is 0 Å². The van der Waals surface area contributed by atoms with Crippen molar-refractivity contribution in [2.75, 3.05) is 13.2 Å². The third-order valence-corrected chi connectivity index (χ3v) is 2.54. The Hall–Kier alpha value is -0.900. The summed E-state index contributed by atoms with van der Waals surface area (Å²) in [5.74, 6) is 0. The number of aliphatic hydroxyl groups excluding tert-OH is 1. The molecule has 76 valence electrons. The minimum Gasteiger partial charge on any atom is -0.389 e. The monoisotopic (exact) mass is 193 g/mol. The second-order valence-electron chi connectivity index (χ2n) is 3.64. The number of aliphatic hydroxyl groups is 1. The summed E-state index contributed by atoms with van der Waals surface area (Å²) in [5, 5.41) is 11.2. The van der Waals surface area contributed by atoms with Crippen molar-refractivity contribution in [3.05, 3.63) is 35.9 Å². The van der Waals surface area contributed by atoms with Crippen LogP contribution in [0.4, 0.5) is 0 Å². The second-order valence-corrected chi connectivity index (χ2v) is 3.64. The molecule has 0 amide bonds. The van der Waals surface area contributed by atoms with Gasteiger partial charge in [-0.25, -0.2) is 0 Å². The summed E-state index contributed by atoms with van der Waals surface area (Å²) in [6.45, 7) is 3.08. The fourth-order valence-electron chi connectivity index (χ4n) is 1.66. The topological polar surface area (TPSA) is 32.7 Å². The van der Waals surface area contributed by atoms with Crippen molar-refractivity contribution in [3.8, 4) is 0 Å². The Balaban J connectivity index is 2.05. The van der Waals surface area contributed by atoms with Crippen molar-refractivity contribution in [3.63, 3.8) is 0 Å². The summed E-state index contributed by atoms with van der Waals surface area (Å²) in [5.41, 5.74) is 1.21. The van der Waals surface area contributed by atoms with Gasteiger partial charge in [-0.15, -0.1) is 0 Å². The van der Waals surface area contributed by atoms with E-state index in [1.54, 1.807) is 0 Å². The van der Waals surface area contributed by atoms with Crippen LogP contribution in [-0.2, 0) is 4.84 Å². The molecule has 0 spiro atoms. The Labute approximate surface area is 83.9 Å². The van der Waals surface area contributed by atoms with Gasteiger partial charge in [0.05, 0.1) is 25.3 Å². The molecule has 1 N–H and O–H groups in total. The maximum absolute atomic E-state index is 9.33. The van der Waals surface area contributed by atoms with E-state index in [0.29, 0.717) is 13.2 Å².